The zero-order valence-electron chi connectivity index (χ0n) is 12.0. The highest BCUT2D eigenvalue weighted by Gasteiger charge is 2.40. The molecule has 128 valence electrons. The highest BCUT2D eigenvalue weighted by atomic mass is 79.9. The van der Waals surface area contributed by atoms with Crippen molar-refractivity contribution in [3.05, 3.63) is 10.6 Å². The fourth-order valence-electron chi connectivity index (χ4n) is 1.90. The van der Waals surface area contributed by atoms with Gasteiger partial charge in [-0.2, -0.15) is 0 Å². The summed E-state index contributed by atoms with van der Waals surface area (Å²) < 4.78 is 19.6. The van der Waals surface area contributed by atoms with Gasteiger partial charge in [-0.15, -0.1) is 0 Å². The lowest BCUT2D eigenvalue weighted by Crippen LogP contribution is -2.55. The van der Waals surface area contributed by atoms with Gasteiger partial charge in [0.05, 0.1) is 12.1 Å². The first-order valence-corrected chi connectivity index (χ1v) is 8.18. The van der Waals surface area contributed by atoms with Crippen molar-refractivity contribution in [2.75, 3.05) is 27.8 Å². The lowest BCUT2D eigenvalue weighted by Gasteiger charge is -2.37. The van der Waals surface area contributed by atoms with Crippen LogP contribution in [0.1, 0.15) is 6.42 Å². The maximum Gasteiger partial charge on any atom is 0.272 e. The number of methoxy groups -OCH3 is 2. The van der Waals surface area contributed by atoms with E-state index in [0.717, 1.165) is 0 Å². The van der Waals surface area contributed by atoms with Crippen molar-refractivity contribution in [1.82, 2.24) is 5.32 Å². The molecule has 10 heteroatoms. The second kappa shape index (κ2) is 9.64. The SMILES string of the molecule is COCO[C@H]1[C@@H](OCOC)CC=C(Br)[C@@H]1NC(=O)C(Cl)(Cl)Cl. The Morgan fingerprint density at radius 1 is 1.32 bits per heavy atom. The standard InChI is InChI=1S/C12H17BrCl3NO5/c1-19-5-21-8-4-3-7(13)9(10(8)22-6-20-2)17-11(18)12(14,15)16/h3,8-10H,4-6H2,1-2H3,(H,17,18)/t8-,9-,10-/m0/s1. The molecule has 0 saturated carbocycles. The van der Waals surface area contributed by atoms with Crippen LogP contribution in [0.25, 0.3) is 0 Å². The smallest absolute Gasteiger partial charge is 0.272 e. The molecule has 0 aromatic heterocycles. The van der Waals surface area contributed by atoms with E-state index in [9.17, 15) is 4.79 Å². The Labute approximate surface area is 152 Å². The number of carbonyl (C=O) groups excluding carboxylic acids is 1. The van der Waals surface area contributed by atoms with E-state index in [2.05, 4.69) is 21.2 Å². The van der Waals surface area contributed by atoms with Crippen molar-refractivity contribution in [3.63, 3.8) is 0 Å². The largest absolute Gasteiger partial charge is 0.359 e. The molecule has 1 N–H and O–H groups in total. The van der Waals surface area contributed by atoms with Gasteiger partial charge in [-0.05, 0) is 6.42 Å². The van der Waals surface area contributed by atoms with Gasteiger partial charge in [-0.1, -0.05) is 56.8 Å². The normalized spacial score (nSPS) is 25.7. The zero-order valence-corrected chi connectivity index (χ0v) is 15.8. The molecule has 0 bridgehead atoms. The third kappa shape index (κ3) is 6.13. The molecular weight excluding hydrogens is 424 g/mol. The second-order valence-corrected chi connectivity index (χ2v) is 7.62. The fraction of sp³-hybridized carbons (Fsp3) is 0.750. The Kier molecular flexibility index (Phi) is 8.96. The first-order chi connectivity index (χ1) is 10.3. The summed E-state index contributed by atoms with van der Waals surface area (Å²) in [4.78, 5) is 11.9. The Morgan fingerprint density at radius 2 is 1.91 bits per heavy atom. The number of carbonyl (C=O) groups is 1. The second-order valence-electron chi connectivity index (χ2n) is 4.42. The summed E-state index contributed by atoms with van der Waals surface area (Å²) in [5.74, 6) is -0.758. The summed E-state index contributed by atoms with van der Waals surface area (Å²) in [6, 6.07) is -0.575. The maximum absolute atomic E-state index is 11.9. The maximum atomic E-state index is 11.9. The summed E-state index contributed by atoms with van der Waals surface area (Å²) in [6.07, 6.45) is 1.54. The number of amides is 1. The van der Waals surface area contributed by atoms with Gasteiger partial charge in [0.2, 0.25) is 0 Å². The Morgan fingerprint density at radius 3 is 2.45 bits per heavy atom. The van der Waals surface area contributed by atoms with Gasteiger partial charge in [0.25, 0.3) is 9.70 Å². The zero-order chi connectivity index (χ0) is 16.8. The summed E-state index contributed by atoms with van der Waals surface area (Å²) in [6.45, 7) is 0.117. The summed E-state index contributed by atoms with van der Waals surface area (Å²) in [7, 11) is 3.01. The van der Waals surface area contributed by atoms with Crippen LogP contribution in [0.3, 0.4) is 0 Å². The number of hydrogen-bond acceptors (Lipinski definition) is 5. The predicted molar refractivity (Wildman–Crippen MR) is 87.3 cm³/mol. The molecule has 0 unspecified atom stereocenters. The highest BCUT2D eigenvalue weighted by molar-refractivity contribution is 9.11. The Balaban J connectivity index is 2.88. The molecule has 1 rings (SSSR count). The molecule has 0 aromatic carbocycles. The van der Waals surface area contributed by atoms with Crippen molar-refractivity contribution in [2.24, 2.45) is 0 Å². The van der Waals surface area contributed by atoms with Gasteiger partial charge in [-0.3, -0.25) is 4.79 Å². The van der Waals surface area contributed by atoms with Crippen LogP contribution in [-0.2, 0) is 23.7 Å². The Hall–Kier alpha value is 0.400. The topological polar surface area (TPSA) is 66.0 Å². The molecule has 1 aliphatic rings. The van der Waals surface area contributed by atoms with E-state index in [1.54, 1.807) is 0 Å². The van der Waals surface area contributed by atoms with Gasteiger partial charge < -0.3 is 24.3 Å². The minimum atomic E-state index is -2.07. The molecule has 0 aromatic rings. The quantitative estimate of drug-likeness (QED) is 0.486. The van der Waals surface area contributed by atoms with Crippen molar-refractivity contribution in [1.29, 1.82) is 0 Å². The lowest BCUT2D eigenvalue weighted by molar-refractivity contribution is -0.164. The number of alkyl halides is 3. The summed E-state index contributed by atoms with van der Waals surface area (Å²) in [5.41, 5.74) is 0. The van der Waals surface area contributed by atoms with E-state index in [4.69, 9.17) is 53.8 Å². The van der Waals surface area contributed by atoms with Gasteiger partial charge in [0.15, 0.2) is 0 Å². The number of rotatable bonds is 7. The fourth-order valence-corrected chi connectivity index (χ4v) is 2.63. The minimum Gasteiger partial charge on any atom is -0.359 e. The third-order valence-corrected chi connectivity index (χ3v) is 4.19. The van der Waals surface area contributed by atoms with E-state index >= 15 is 0 Å². The van der Waals surface area contributed by atoms with Gasteiger partial charge in [-0.25, -0.2) is 0 Å². The van der Waals surface area contributed by atoms with Crippen molar-refractivity contribution >= 4 is 56.6 Å². The molecule has 6 nitrogen and oxygen atoms in total. The molecule has 0 heterocycles. The molecule has 1 amide bonds. The van der Waals surface area contributed by atoms with Crippen molar-refractivity contribution in [2.45, 2.75) is 28.5 Å². The monoisotopic (exact) mass is 439 g/mol. The lowest BCUT2D eigenvalue weighted by atomic mass is 9.96. The average Bonchev–Trinajstić information content (AvgIpc) is 2.45. The van der Waals surface area contributed by atoms with Crippen LogP contribution in [0.15, 0.2) is 10.6 Å². The van der Waals surface area contributed by atoms with E-state index in [1.807, 2.05) is 6.08 Å². The third-order valence-electron chi connectivity index (χ3n) is 2.86. The van der Waals surface area contributed by atoms with Crippen LogP contribution in [0, 0.1) is 0 Å². The van der Waals surface area contributed by atoms with E-state index in [-0.39, 0.29) is 19.7 Å². The van der Waals surface area contributed by atoms with Gasteiger partial charge >= 0.3 is 0 Å². The van der Waals surface area contributed by atoms with E-state index in [1.165, 1.54) is 14.2 Å². The number of nitrogens with one attached hydrogen (secondary N) is 1. The molecule has 0 radical (unpaired) electrons. The van der Waals surface area contributed by atoms with Crippen LogP contribution in [0.4, 0.5) is 0 Å². The van der Waals surface area contributed by atoms with E-state index < -0.39 is 21.8 Å². The number of ether oxygens (including phenoxy) is 4. The number of hydrogen-bond donors (Lipinski definition) is 1. The van der Waals surface area contributed by atoms with Crippen LogP contribution in [0.2, 0.25) is 0 Å². The average molecular weight is 442 g/mol. The molecule has 1 aliphatic carbocycles. The minimum absolute atomic E-state index is 0.0257. The molecule has 0 saturated heterocycles. The molecule has 0 aliphatic heterocycles. The molecule has 0 spiro atoms. The highest BCUT2D eigenvalue weighted by Crippen LogP contribution is 2.31. The molecule has 3 atom stereocenters. The van der Waals surface area contributed by atoms with Crippen molar-refractivity contribution in [3.8, 4) is 0 Å². The predicted octanol–water partition coefficient (Wildman–Crippen LogP) is 2.50. The van der Waals surface area contributed by atoms with Gasteiger partial charge in [0.1, 0.15) is 19.7 Å². The van der Waals surface area contributed by atoms with Crippen LogP contribution < -0.4 is 5.32 Å². The van der Waals surface area contributed by atoms with Gasteiger partial charge in [0, 0.05) is 18.7 Å². The molecular formula is C12H17BrCl3NO5. The van der Waals surface area contributed by atoms with Crippen LogP contribution in [-0.4, -0.2) is 55.8 Å². The molecule has 0 fully saturated rings. The number of halogens is 4. The summed E-state index contributed by atoms with van der Waals surface area (Å²) >= 11 is 20.2. The molecule has 22 heavy (non-hydrogen) atoms. The first-order valence-electron chi connectivity index (χ1n) is 6.25. The van der Waals surface area contributed by atoms with Crippen LogP contribution in [0.5, 0.6) is 0 Å². The Bertz CT molecular complexity index is 405. The van der Waals surface area contributed by atoms with E-state index in [0.29, 0.717) is 10.9 Å². The first kappa shape index (κ1) is 20.4. The van der Waals surface area contributed by atoms with Crippen LogP contribution >= 0.6 is 50.7 Å². The van der Waals surface area contributed by atoms with Crippen molar-refractivity contribution < 1.29 is 23.7 Å². The summed E-state index contributed by atoms with van der Waals surface area (Å²) in [5, 5.41) is 2.62.